The Labute approximate surface area is 204 Å². The third-order valence-electron chi connectivity index (χ3n) is 5.57. The normalized spacial score (nSPS) is 18.3. The molecule has 2 atom stereocenters. The highest BCUT2D eigenvalue weighted by Crippen LogP contribution is 2.41. The van der Waals surface area contributed by atoms with Gasteiger partial charge >= 0.3 is 12.5 Å². The predicted octanol–water partition coefficient (Wildman–Crippen LogP) is 4.86. The number of halogens is 6. The van der Waals surface area contributed by atoms with E-state index < -0.39 is 53.3 Å². The van der Waals surface area contributed by atoms with Gasteiger partial charge in [-0.25, -0.2) is 0 Å². The highest BCUT2D eigenvalue weighted by atomic mass is 19.4. The summed E-state index contributed by atoms with van der Waals surface area (Å²) in [5.74, 6) is -5.65. The average Bonchev–Trinajstić information content (AvgIpc) is 3.08. The van der Waals surface area contributed by atoms with Gasteiger partial charge in [0.1, 0.15) is 11.7 Å². The van der Waals surface area contributed by atoms with Gasteiger partial charge in [0.05, 0.1) is 17.3 Å². The quantitative estimate of drug-likeness (QED) is 0.206. The highest BCUT2D eigenvalue weighted by molar-refractivity contribution is 6.48. The molecule has 3 aromatic rings. The maximum absolute atomic E-state index is 13.3. The highest BCUT2D eigenvalue weighted by Gasteiger charge is 2.53. The van der Waals surface area contributed by atoms with Crippen LogP contribution in [0, 0.1) is 12.8 Å². The van der Waals surface area contributed by atoms with Crippen molar-refractivity contribution in [1.82, 2.24) is 10.2 Å². The third-order valence-corrected chi connectivity index (χ3v) is 5.57. The lowest BCUT2D eigenvalue weighted by atomic mass is 9.86. The number of hydrogen-bond acceptors (Lipinski definition) is 6. The zero-order valence-corrected chi connectivity index (χ0v) is 18.7. The number of ether oxygens (including phenoxy) is 1. The van der Waals surface area contributed by atoms with Crippen molar-refractivity contribution in [2.75, 3.05) is 4.90 Å². The second-order valence-electron chi connectivity index (χ2n) is 8.05. The van der Waals surface area contributed by atoms with Gasteiger partial charge in [0, 0.05) is 5.56 Å². The lowest BCUT2D eigenvalue weighted by Gasteiger charge is -2.26. The molecule has 0 aliphatic carbocycles. The van der Waals surface area contributed by atoms with Crippen molar-refractivity contribution in [1.29, 1.82) is 0 Å². The number of hydrogen-bond donors (Lipinski definition) is 0. The lowest BCUT2D eigenvalue weighted by molar-refractivity contribution is -0.274. The van der Waals surface area contributed by atoms with Crippen molar-refractivity contribution in [2.45, 2.75) is 25.5 Å². The molecule has 1 aliphatic rings. The third kappa shape index (κ3) is 5.29. The summed E-state index contributed by atoms with van der Waals surface area (Å²) in [5, 5.41) is 7.72. The van der Waals surface area contributed by atoms with Crippen LogP contribution >= 0.6 is 0 Å². The predicted molar refractivity (Wildman–Crippen MR) is 114 cm³/mol. The monoisotopic (exact) mass is 523 g/mol. The van der Waals surface area contributed by atoms with Crippen molar-refractivity contribution >= 4 is 23.3 Å². The van der Waals surface area contributed by atoms with Crippen LogP contribution in [-0.2, 0) is 15.8 Å². The molecule has 7 nitrogen and oxygen atoms in total. The Kier molecular flexibility index (Phi) is 6.48. The molecule has 0 bridgehead atoms. The molecule has 0 N–H and O–H groups in total. The fraction of sp³-hybridized carbons (Fsp3) is 0.208. The summed E-state index contributed by atoms with van der Waals surface area (Å²) in [7, 11) is 0. The summed E-state index contributed by atoms with van der Waals surface area (Å²) in [5.41, 5.74) is -0.727. The number of alkyl halides is 6. The molecule has 13 heteroatoms. The SMILES string of the molecule is Cc1ccc(N2C(=O)C(=O)C(C(=O)c3ccc(C(F)(F)F)cc3)C2c2ccc(OC(F)(F)F)cc2)nn1. The number of amides is 1. The first-order valence-corrected chi connectivity index (χ1v) is 10.5. The minimum atomic E-state index is -4.97. The van der Waals surface area contributed by atoms with Crippen LogP contribution < -0.4 is 9.64 Å². The zero-order valence-electron chi connectivity index (χ0n) is 18.7. The van der Waals surface area contributed by atoms with Gasteiger partial charge in [-0.2, -0.15) is 18.3 Å². The molecule has 37 heavy (non-hydrogen) atoms. The Hall–Kier alpha value is -4.29. The number of carbonyl (C=O) groups excluding carboxylic acids is 3. The van der Waals surface area contributed by atoms with E-state index in [4.69, 9.17) is 0 Å². The molecule has 4 rings (SSSR count). The van der Waals surface area contributed by atoms with E-state index in [-0.39, 0.29) is 16.9 Å². The fourth-order valence-electron chi connectivity index (χ4n) is 3.91. The zero-order chi connectivity index (χ0) is 27.1. The first-order chi connectivity index (χ1) is 17.3. The van der Waals surface area contributed by atoms with Crippen molar-refractivity contribution < 1.29 is 45.5 Å². The molecule has 2 heterocycles. The molecule has 1 amide bonds. The molecule has 0 spiro atoms. The van der Waals surface area contributed by atoms with Crippen LogP contribution in [0.1, 0.15) is 33.2 Å². The first-order valence-electron chi connectivity index (χ1n) is 10.5. The summed E-state index contributed by atoms with van der Waals surface area (Å²) in [6.07, 6.45) is -9.63. The van der Waals surface area contributed by atoms with Gasteiger partial charge in [-0.3, -0.25) is 19.3 Å². The van der Waals surface area contributed by atoms with E-state index in [9.17, 15) is 40.7 Å². The summed E-state index contributed by atoms with van der Waals surface area (Å²) >= 11 is 0. The number of aryl methyl sites for hydroxylation is 1. The Balaban J connectivity index is 1.78. The van der Waals surface area contributed by atoms with Crippen LogP contribution in [0.4, 0.5) is 32.2 Å². The number of ketones is 2. The molecular formula is C24H15F6N3O4. The number of benzene rings is 2. The number of aromatic nitrogens is 2. The molecule has 2 unspecified atom stereocenters. The number of nitrogens with zero attached hydrogens (tertiary/aromatic N) is 3. The van der Waals surface area contributed by atoms with Crippen LogP contribution in [0.3, 0.4) is 0 Å². The van der Waals surface area contributed by atoms with E-state index in [1.807, 2.05) is 0 Å². The van der Waals surface area contributed by atoms with Gasteiger partial charge in [0.15, 0.2) is 11.6 Å². The fourth-order valence-corrected chi connectivity index (χ4v) is 3.91. The second-order valence-corrected chi connectivity index (χ2v) is 8.05. The Morgan fingerprint density at radius 3 is 2.00 bits per heavy atom. The standard InChI is InChI=1S/C24H15F6N3O4/c1-12-2-11-17(32-31-12)33-19(13-5-9-16(10-6-13)37-24(28,29)30)18(21(35)22(33)36)20(34)14-3-7-15(8-4-14)23(25,26)27/h2-11,18-19H,1H3. The van der Waals surface area contributed by atoms with Gasteiger partial charge in [0.25, 0.3) is 5.91 Å². The van der Waals surface area contributed by atoms with Gasteiger partial charge in [-0.1, -0.05) is 24.3 Å². The molecule has 1 aromatic heterocycles. The Bertz CT molecular complexity index is 1340. The van der Waals surface area contributed by atoms with Crippen molar-refractivity contribution in [3.05, 3.63) is 83.0 Å². The molecule has 1 aliphatic heterocycles. The van der Waals surface area contributed by atoms with Gasteiger partial charge in [0.2, 0.25) is 5.78 Å². The lowest BCUT2D eigenvalue weighted by Crippen LogP contribution is -2.31. The number of rotatable bonds is 5. The van der Waals surface area contributed by atoms with Gasteiger partial charge in [-0.15, -0.1) is 18.3 Å². The maximum atomic E-state index is 13.3. The summed E-state index contributed by atoms with van der Waals surface area (Å²) in [4.78, 5) is 40.2. The topological polar surface area (TPSA) is 89.5 Å². The van der Waals surface area contributed by atoms with E-state index in [1.54, 1.807) is 6.92 Å². The minimum Gasteiger partial charge on any atom is -0.406 e. The van der Waals surface area contributed by atoms with E-state index in [0.29, 0.717) is 17.8 Å². The smallest absolute Gasteiger partial charge is 0.406 e. The van der Waals surface area contributed by atoms with E-state index in [0.717, 1.165) is 41.3 Å². The number of anilines is 1. The van der Waals surface area contributed by atoms with Crippen LogP contribution in [0.2, 0.25) is 0 Å². The van der Waals surface area contributed by atoms with Crippen LogP contribution in [0.15, 0.2) is 60.7 Å². The summed E-state index contributed by atoms with van der Waals surface area (Å²) in [6.45, 7) is 1.61. The van der Waals surface area contributed by atoms with Crippen LogP contribution in [-0.4, -0.2) is 34.0 Å². The Morgan fingerprint density at radius 2 is 1.49 bits per heavy atom. The number of carbonyl (C=O) groups is 3. The molecule has 0 saturated carbocycles. The van der Waals surface area contributed by atoms with Gasteiger partial charge in [-0.05, 0) is 48.9 Å². The first kappa shape index (κ1) is 25.8. The van der Waals surface area contributed by atoms with Crippen LogP contribution in [0.5, 0.6) is 5.75 Å². The van der Waals surface area contributed by atoms with Crippen LogP contribution in [0.25, 0.3) is 0 Å². The van der Waals surface area contributed by atoms with Gasteiger partial charge < -0.3 is 4.74 Å². The van der Waals surface area contributed by atoms with E-state index in [2.05, 4.69) is 14.9 Å². The summed E-state index contributed by atoms with van der Waals surface area (Å²) < 4.78 is 80.4. The minimum absolute atomic E-state index is 0.0846. The second kappa shape index (κ2) is 9.30. The summed E-state index contributed by atoms with van der Waals surface area (Å²) in [6, 6.07) is 8.73. The molecule has 1 fully saturated rings. The Morgan fingerprint density at radius 1 is 0.865 bits per heavy atom. The van der Waals surface area contributed by atoms with E-state index >= 15 is 0 Å². The molecule has 1 saturated heterocycles. The average molecular weight is 523 g/mol. The van der Waals surface area contributed by atoms with Crippen molar-refractivity contribution in [2.24, 2.45) is 5.92 Å². The largest absolute Gasteiger partial charge is 0.573 e. The molecule has 0 radical (unpaired) electrons. The maximum Gasteiger partial charge on any atom is 0.573 e. The van der Waals surface area contributed by atoms with Crippen molar-refractivity contribution in [3.8, 4) is 5.75 Å². The molecule has 192 valence electrons. The molecule has 2 aromatic carbocycles. The molecular weight excluding hydrogens is 508 g/mol. The van der Waals surface area contributed by atoms with E-state index in [1.165, 1.54) is 12.1 Å². The number of Topliss-reactive ketones (excluding diaryl/α,β-unsaturated/α-hetero) is 2. The van der Waals surface area contributed by atoms with Crippen molar-refractivity contribution in [3.63, 3.8) is 0 Å².